The van der Waals surface area contributed by atoms with Gasteiger partial charge in [-0.25, -0.2) is 0 Å². The zero-order chi connectivity index (χ0) is 13.1. The smallest absolute Gasteiger partial charge is 0.272 e. The van der Waals surface area contributed by atoms with Crippen LogP contribution in [0.3, 0.4) is 0 Å². The summed E-state index contributed by atoms with van der Waals surface area (Å²) >= 11 is 0. The monoisotopic (exact) mass is 238 g/mol. The summed E-state index contributed by atoms with van der Waals surface area (Å²) in [4.78, 5) is 10.3. The Kier molecular flexibility index (Phi) is 4.07. The van der Waals surface area contributed by atoms with Gasteiger partial charge in [0.2, 0.25) is 0 Å². The van der Waals surface area contributed by atoms with Gasteiger partial charge in [0.05, 0.1) is 4.92 Å². The molecular weight excluding hydrogens is 220 g/mol. The third kappa shape index (κ3) is 3.71. The van der Waals surface area contributed by atoms with Crippen LogP contribution in [0.2, 0.25) is 0 Å². The largest absolute Gasteiger partial charge is 0.396 e. The molecule has 0 fully saturated rings. The number of nitrogens with zero attached hydrogens (tertiary/aromatic N) is 1. The number of rotatable bonds is 5. The lowest BCUT2D eigenvalue weighted by Crippen LogP contribution is -2.26. The number of hydrogen-bond donors (Lipinski definition) is 2. The van der Waals surface area contributed by atoms with Crippen molar-refractivity contribution in [2.45, 2.75) is 20.8 Å². The molecule has 2 N–H and O–H groups in total. The van der Waals surface area contributed by atoms with Crippen LogP contribution >= 0.6 is 0 Å². The van der Waals surface area contributed by atoms with Gasteiger partial charge in [-0.1, -0.05) is 13.8 Å². The van der Waals surface area contributed by atoms with Gasteiger partial charge >= 0.3 is 0 Å². The predicted octanol–water partition coefficient (Wildman–Crippen LogP) is 2.33. The maximum Gasteiger partial charge on any atom is 0.272 e. The molecule has 0 heterocycles. The third-order valence-electron chi connectivity index (χ3n) is 2.59. The van der Waals surface area contributed by atoms with E-state index in [2.05, 4.69) is 5.32 Å². The number of aliphatic hydroxyl groups is 1. The zero-order valence-electron chi connectivity index (χ0n) is 10.4. The Bertz CT molecular complexity index is 416. The molecule has 1 aromatic carbocycles. The van der Waals surface area contributed by atoms with E-state index < -0.39 is 4.92 Å². The number of anilines is 1. The first-order chi connectivity index (χ1) is 7.85. The molecule has 0 spiro atoms. The summed E-state index contributed by atoms with van der Waals surface area (Å²) in [6.07, 6.45) is 0. The van der Waals surface area contributed by atoms with Crippen LogP contribution in [0.4, 0.5) is 11.4 Å². The SMILES string of the molecule is Cc1cc(NCC(C)(C)CO)ccc1[N+](=O)[O-]. The highest BCUT2D eigenvalue weighted by Crippen LogP contribution is 2.22. The fourth-order valence-electron chi connectivity index (χ4n) is 1.37. The molecule has 0 saturated carbocycles. The van der Waals surface area contributed by atoms with E-state index in [1.54, 1.807) is 19.1 Å². The van der Waals surface area contributed by atoms with E-state index >= 15 is 0 Å². The highest BCUT2D eigenvalue weighted by molar-refractivity contribution is 5.53. The Balaban J connectivity index is 2.75. The molecule has 0 unspecified atom stereocenters. The van der Waals surface area contributed by atoms with E-state index in [0.29, 0.717) is 12.1 Å². The topological polar surface area (TPSA) is 75.4 Å². The lowest BCUT2D eigenvalue weighted by Gasteiger charge is -2.22. The summed E-state index contributed by atoms with van der Waals surface area (Å²) in [5.74, 6) is 0. The van der Waals surface area contributed by atoms with Gasteiger partial charge in [-0.2, -0.15) is 0 Å². The molecule has 0 atom stereocenters. The normalized spacial score (nSPS) is 11.3. The van der Waals surface area contributed by atoms with Crippen LogP contribution in [0, 0.1) is 22.5 Å². The van der Waals surface area contributed by atoms with Crippen molar-refractivity contribution in [1.82, 2.24) is 0 Å². The van der Waals surface area contributed by atoms with E-state index in [1.807, 2.05) is 13.8 Å². The van der Waals surface area contributed by atoms with Crippen LogP contribution in [0.15, 0.2) is 18.2 Å². The zero-order valence-corrected chi connectivity index (χ0v) is 10.4. The first-order valence-electron chi connectivity index (χ1n) is 5.45. The predicted molar refractivity (Wildman–Crippen MR) is 67.2 cm³/mol. The number of benzene rings is 1. The molecule has 5 heteroatoms. The Morgan fingerprint density at radius 1 is 1.47 bits per heavy atom. The second kappa shape index (κ2) is 5.14. The van der Waals surface area contributed by atoms with Crippen molar-refractivity contribution in [1.29, 1.82) is 0 Å². The standard InChI is InChI=1S/C12H18N2O3/c1-9-6-10(4-5-11(9)14(16)17)13-7-12(2,3)8-15/h4-6,13,15H,7-8H2,1-3H3. The number of nitrogens with one attached hydrogen (secondary N) is 1. The van der Waals surface area contributed by atoms with Crippen molar-refractivity contribution >= 4 is 11.4 Å². The molecule has 0 amide bonds. The molecule has 1 rings (SSSR count). The van der Waals surface area contributed by atoms with E-state index in [1.165, 1.54) is 6.07 Å². The molecule has 0 aliphatic rings. The van der Waals surface area contributed by atoms with Crippen molar-refractivity contribution in [2.75, 3.05) is 18.5 Å². The summed E-state index contributed by atoms with van der Waals surface area (Å²) in [7, 11) is 0. The van der Waals surface area contributed by atoms with E-state index in [-0.39, 0.29) is 17.7 Å². The highest BCUT2D eigenvalue weighted by Gasteiger charge is 2.16. The van der Waals surface area contributed by atoms with Gasteiger partial charge in [-0.05, 0) is 19.1 Å². The first-order valence-corrected chi connectivity index (χ1v) is 5.45. The first kappa shape index (κ1) is 13.4. The van der Waals surface area contributed by atoms with E-state index in [9.17, 15) is 10.1 Å². The van der Waals surface area contributed by atoms with Crippen LogP contribution in [0.25, 0.3) is 0 Å². The van der Waals surface area contributed by atoms with Gasteiger partial charge in [0.15, 0.2) is 0 Å². The van der Waals surface area contributed by atoms with Crippen LogP contribution in [-0.4, -0.2) is 23.2 Å². The Labute approximate surface area is 101 Å². The second-order valence-corrected chi connectivity index (χ2v) is 4.93. The molecule has 0 aromatic heterocycles. The summed E-state index contributed by atoms with van der Waals surface area (Å²) in [5.41, 5.74) is 1.36. The van der Waals surface area contributed by atoms with Crippen molar-refractivity contribution in [3.05, 3.63) is 33.9 Å². The number of nitro benzene ring substituents is 1. The summed E-state index contributed by atoms with van der Waals surface area (Å²) in [5, 5.41) is 22.9. The summed E-state index contributed by atoms with van der Waals surface area (Å²) < 4.78 is 0. The average molecular weight is 238 g/mol. The van der Waals surface area contributed by atoms with Crippen LogP contribution in [-0.2, 0) is 0 Å². The highest BCUT2D eigenvalue weighted by atomic mass is 16.6. The molecule has 0 bridgehead atoms. The van der Waals surface area contributed by atoms with Crippen LogP contribution in [0.1, 0.15) is 19.4 Å². The van der Waals surface area contributed by atoms with Crippen molar-refractivity contribution < 1.29 is 10.0 Å². The summed E-state index contributed by atoms with van der Waals surface area (Å²) in [6.45, 7) is 6.30. The Hall–Kier alpha value is -1.62. The fraction of sp³-hybridized carbons (Fsp3) is 0.500. The van der Waals surface area contributed by atoms with Gasteiger partial charge in [0.1, 0.15) is 0 Å². The van der Waals surface area contributed by atoms with Gasteiger partial charge in [-0.3, -0.25) is 10.1 Å². The lowest BCUT2D eigenvalue weighted by atomic mass is 9.95. The Morgan fingerprint density at radius 2 is 2.12 bits per heavy atom. The molecule has 0 saturated heterocycles. The number of aryl methyl sites for hydroxylation is 1. The fourth-order valence-corrected chi connectivity index (χ4v) is 1.37. The molecular formula is C12H18N2O3. The number of aliphatic hydroxyl groups excluding tert-OH is 1. The maximum atomic E-state index is 10.6. The molecule has 0 radical (unpaired) electrons. The van der Waals surface area contributed by atoms with Crippen molar-refractivity contribution in [2.24, 2.45) is 5.41 Å². The minimum atomic E-state index is -0.392. The Morgan fingerprint density at radius 3 is 2.59 bits per heavy atom. The molecule has 5 nitrogen and oxygen atoms in total. The minimum Gasteiger partial charge on any atom is -0.396 e. The third-order valence-corrected chi connectivity index (χ3v) is 2.59. The van der Waals surface area contributed by atoms with Gasteiger partial charge in [0.25, 0.3) is 5.69 Å². The van der Waals surface area contributed by atoms with Crippen molar-refractivity contribution in [3.63, 3.8) is 0 Å². The van der Waals surface area contributed by atoms with Crippen LogP contribution < -0.4 is 5.32 Å². The molecule has 0 aliphatic heterocycles. The van der Waals surface area contributed by atoms with Gasteiger partial charge in [0, 0.05) is 35.9 Å². The van der Waals surface area contributed by atoms with Crippen LogP contribution in [0.5, 0.6) is 0 Å². The summed E-state index contributed by atoms with van der Waals surface area (Å²) in [6, 6.07) is 4.91. The maximum absolute atomic E-state index is 10.6. The lowest BCUT2D eigenvalue weighted by molar-refractivity contribution is -0.385. The van der Waals surface area contributed by atoms with E-state index in [0.717, 1.165) is 5.69 Å². The number of nitro groups is 1. The minimum absolute atomic E-state index is 0.0892. The van der Waals surface area contributed by atoms with Crippen molar-refractivity contribution in [3.8, 4) is 0 Å². The van der Waals surface area contributed by atoms with Gasteiger partial charge in [-0.15, -0.1) is 0 Å². The quantitative estimate of drug-likeness (QED) is 0.609. The average Bonchev–Trinajstić information content (AvgIpc) is 2.26. The van der Waals surface area contributed by atoms with Gasteiger partial charge < -0.3 is 10.4 Å². The second-order valence-electron chi connectivity index (χ2n) is 4.93. The molecule has 94 valence electrons. The molecule has 0 aliphatic carbocycles. The van der Waals surface area contributed by atoms with E-state index in [4.69, 9.17) is 5.11 Å². The molecule has 17 heavy (non-hydrogen) atoms. The molecule has 1 aromatic rings. The number of hydrogen-bond acceptors (Lipinski definition) is 4.